The lowest BCUT2D eigenvalue weighted by molar-refractivity contribution is -0.128. The van der Waals surface area contributed by atoms with Crippen molar-refractivity contribution in [3.8, 4) is 0 Å². The van der Waals surface area contributed by atoms with Crippen molar-refractivity contribution in [1.29, 1.82) is 0 Å². The van der Waals surface area contributed by atoms with E-state index in [1.54, 1.807) is 0 Å². The van der Waals surface area contributed by atoms with E-state index < -0.39 is 0 Å². The van der Waals surface area contributed by atoms with Crippen LogP contribution in [0.5, 0.6) is 0 Å². The largest absolute Gasteiger partial charge is 0.352 e. The number of rotatable bonds is 2. The summed E-state index contributed by atoms with van der Waals surface area (Å²) in [6.45, 7) is 6.49. The lowest BCUT2D eigenvalue weighted by Gasteiger charge is -2.30. The molecule has 3 heteroatoms. The van der Waals surface area contributed by atoms with E-state index in [2.05, 4.69) is 24.5 Å². The van der Waals surface area contributed by atoms with Crippen molar-refractivity contribution >= 4 is 5.91 Å². The minimum absolute atomic E-state index is 0.201. The van der Waals surface area contributed by atoms with Gasteiger partial charge in [-0.05, 0) is 37.6 Å². The molecule has 1 aliphatic heterocycles. The lowest BCUT2D eigenvalue weighted by Crippen LogP contribution is -2.48. The van der Waals surface area contributed by atoms with E-state index in [4.69, 9.17) is 0 Å². The molecule has 0 aromatic heterocycles. The topological polar surface area (TPSA) is 41.1 Å². The molecule has 2 N–H and O–H groups in total. The van der Waals surface area contributed by atoms with Crippen LogP contribution in [0.15, 0.2) is 0 Å². The van der Waals surface area contributed by atoms with Crippen LogP contribution in [-0.2, 0) is 4.79 Å². The van der Waals surface area contributed by atoms with Crippen molar-refractivity contribution in [1.82, 2.24) is 10.6 Å². The second-order valence-electron chi connectivity index (χ2n) is 5.99. The first-order valence-corrected chi connectivity index (χ1v) is 6.61. The third kappa shape index (κ3) is 2.57. The Labute approximate surface area is 98.4 Å². The molecule has 1 saturated heterocycles. The molecule has 1 amide bonds. The van der Waals surface area contributed by atoms with Crippen LogP contribution in [0.3, 0.4) is 0 Å². The van der Waals surface area contributed by atoms with E-state index in [1.165, 1.54) is 19.3 Å². The minimum atomic E-state index is 0.201. The van der Waals surface area contributed by atoms with Gasteiger partial charge in [-0.3, -0.25) is 4.79 Å². The number of piperidine rings is 1. The van der Waals surface area contributed by atoms with Crippen LogP contribution in [-0.4, -0.2) is 25.0 Å². The minimum Gasteiger partial charge on any atom is -0.352 e. The van der Waals surface area contributed by atoms with Gasteiger partial charge < -0.3 is 10.6 Å². The number of hydrogen-bond acceptors (Lipinski definition) is 2. The molecular weight excluding hydrogens is 200 g/mol. The van der Waals surface area contributed by atoms with Crippen molar-refractivity contribution in [3.63, 3.8) is 0 Å². The summed E-state index contributed by atoms with van der Waals surface area (Å²) >= 11 is 0. The van der Waals surface area contributed by atoms with Crippen molar-refractivity contribution in [2.75, 3.05) is 13.1 Å². The summed E-state index contributed by atoms with van der Waals surface area (Å²) in [5.41, 5.74) is 0.201. The summed E-state index contributed by atoms with van der Waals surface area (Å²) < 4.78 is 0. The molecule has 1 unspecified atom stereocenters. The summed E-state index contributed by atoms with van der Waals surface area (Å²) in [7, 11) is 0. The van der Waals surface area contributed by atoms with Crippen LogP contribution >= 0.6 is 0 Å². The summed E-state index contributed by atoms with van der Waals surface area (Å²) in [5.74, 6) is 0.519. The monoisotopic (exact) mass is 224 g/mol. The van der Waals surface area contributed by atoms with Crippen LogP contribution in [0.2, 0.25) is 0 Å². The molecule has 3 nitrogen and oxygen atoms in total. The smallest absolute Gasteiger partial charge is 0.223 e. The first kappa shape index (κ1) is 11.9. The number of hydrogen-bond donors (Lipinski definition) is 2. The van der Waals surface area contributed by atoms with Crippen LogP contribution in [0.1, 0.15) is 46.0 Å². The predicted molar refractivity (Wildman–Crippen MR) is 65.2 cm³/mol. The Hall–Kier alpha value is -0.570. The molecule has 2 rings (SSSR count). The maximum atomic E-state index is 12.2. The quantitative estimate of drug-likeness (QED) is 0.749. The highest BCUT2D eigenvalue weighted by Crippen LogP contribution is 2.42. The molecule has 0 aromatic rings. The average molecular weight is 224 g/mol. The van der Waals surface area contributed by atoms with Crippen molar-refractivity contribution in [2.45, 2.75) is 52.0 Å². The lowest BCUT2D eigenvalue weighted by atomic mass is 9.81. The van der Waals surface area contributed by atoms with E-state index in [0.29, 0.717) is 6.04 Å². The Morgan fingerprint density at radius 3 is 2.69 bits per heavy atom. The Balaban J connectivity index is 1.87. The van der Waals surface area contributed by atoms with Crippen LogP contribution < -0.4 is 10.6 Å². The Morgan fingerprint density at radius 1 is 1.31 bits per heavy atom. The summed E-state index contributed by atoms with van der Waals surface area (Å²) in [4.78, 5) is 12.2. The van der Waals surface area contributed by atoms with E-state index in [-0.39, 0.29) is 17.2 Å². The molecule has 2 aliphatic rings. The Kier molecular flexibility index (Phi) is 3.53. The van der Waals surface area contributed by atoms with Gasteiger partial charge in [0.1, 0.15) is 0 Å². The fourth-order valence-corrected chi connectivity index (χ4v) is 3.09. The zero-order chi connectivity index (χ0) is 11.6. The van der Waals surface area contributed by atoms with Crippen LogP contribution in [0.4, 0.5) is 0 Å². The zero-order valence-corrected chi connectivity index (χ0v) is 10.5. The molecule has 1 heterocycles. The van der Waals surface area contributed by atoms with Gasteiger partial charge in [-0.15, -0.1) is 0 Å². The molecule has 2 fully saturated rings. The molecule has 0 bridgehead atoms. The third-order valence-electron chi connectivity index (χ3n) is 4.22. The molecule has 1 saturated carbocycles. The van der Waals surface area contributed by atoms with Gasteiger partial charge in [0, 0.05) is 18.5 Å². The van der Waals surface area contributed by atoms with Gasteiger partial charge in [0.25, 0.3) is 0 Å². The molecule has 2 atom stereocenters. The fraction of sp³-hybridized carbons (Fsp3) is 0.923. The van der Waals surface area contributed by atoms with Gasteiger partial charge in [0.15, 0.2) is 0 Å². The molecule has 92 valence electrons. The maximum Gasteiger partial charge on any atom is 0.223 e. The van der Waals surface area contributed by atoms with Crippen molar-refractivity contribution < 1.29 is 4.79 Å². The van der Waals surface area contributed by atoms with E-state index in [1.807, 2.05) is 0 Å². The van der Waals surface area contributed by atoms with Crippen LogP contribution in [0, 0.1) is 11.3 Å². The van der Waals surface area contributed by atoms with Gasteiger partial charge in [-0.25, -0.2) is 0 Å². The van der Waals surface area contributed by atoms with E-state index in [9.17, 15) is 4.79 Å². The summed E-state index contributed by atoms with van der Waals surface area (Å²) in [5, 5.41) is 6.55. The zero-order valence-electron chi connectivity index (χ0n) is 10.5. The van der Waals surface area contributed by atoms with Crippen LogP contribution in [0.25, 0.3) is 0 Å². The van der Waals surface area contributed by atoms with Crippen molar-refractivity contribution in [3.05, 3.63) is 0 Å². The molecule has 0 aromatic carbocycles. The van der Waals surface area contributed by atoms with Gasteiger partial charge in [-0.1, -0.05) is 20.3 Å². The summed E-state index contributed by atoms with van der Waals surface area (Å²) in [6.07, 6.45) is 5.77. The first-order chi connectivity index (χ1) is 7.59. The van der Waals surface area contributed by atoms with Gasteiger partial charge in [0.05, 0.1) is 0 Å². The highest BCUT2D eigenvalue weighted by atomic mass is 16.2. The highest BCUT2D eigenvalue weighted by Gasteiger charge is 2.39. The summed E-state index contributed by atoms with van der Waals surface area (Å²) in [6, 6.07) is 0.359. The second-order valence-corrected chi connectivity index (χ2v) is 5.99. The standard InChI is InChI=1S/C13H24N2O/c1-13(2)7-3-6-11(13)12(16)15-10-5-4-8-14-9-10/h10-11,14H,3-9H2,1-2H3,(H,15,16)/t10-,11?/m1/s1. The molecule has 16 heavy (non-hydrogen) atoms. The SMILES string of the molecule is CC1(C)CCCC1C(=O)N[C@@H]1CCCNC1. The first-order valence-electron chi connectivity index (χ1n) is 6.61. The van der Waals surface area contributed by atoms with E-state index >= 15 is 0 Å². The van der Waals surface area contributed by atoms with Gasteiger partial charge in [-0.2, -0.15) is 0 Å². The number of nitrogens with one attached hydrogen (secondary N) is 2. The molecular formula is C13H24N2O. The second kappa shape index (κ2) is 4.74. The third-order valence-corrected chi connectivity index (χ3v) is 4.22. The predicted octanol–water partition coefficient (Wildman–Crippen LogP) is 1.68. The number of amides is 1. The molecule has 1 aliphatic carbocycles. The fourth-order valence-electron chi connectivity index (χ4n) is 3.09. The normalized spacial score (nSPS) is 33.6. The number of carbonyl (C=O) groups excluding carboxylic acids is 1. The van der Waals surface area contributed by atoms with E-state index in [0.717, 1.165) is 25.9 Å². The van der Waals surface area contributed by atoms with Gasteiger partial charge in [0.2, 0.25) is 5.91 Å². The molecule has 0 spiro atoms. The Bertz CT molecular complexity index is 257. The average Bonchev–Trinajstić information content (AvgIpc) is 2.59. The number of carbonyl (C=O) groups is 1. The molecule has 0 radical (unpaired) electrons. The van der Waals surface area contributed by atoms with Gasteiger partial charge >= 0.3 is 0 Å². The Morgan fingerprint density at radius 2 is 2.12 bits per heavy atom. The highest BCUT2D eigenvalue weighted by molar-refractivity contribution is 5.80. The van der Waals surface area contributed by atoms with Crippen molar-refractivity contribution in [2.24, 2.45) is 11.3 Å². The maximum absolute atomic E-state index is 12.2.